The fourth-order valence-electron chi connectivity index (χ4n) is 1.97. The molecule has 0 bridgehead atoms. The number of rotatable bonds is 5. The zero-order valence-corrected chi connectivity index (χ0v) is 9.58. The summed E-state index contributed by atoms with van der Waals surface area (Å²) in [6.45, 7) is 9.82. The van der Waals surface area contributed by atoms with E-state index in [4.69, 9.17) is 0 Å². The van der Waals surface area contributed by atoms with Crippen molar-refractivity contribution in [3.05, 3.63) is 0 Å². The molecule has 0 N–H and O–H groups in total. The lowest BCUT2D eigenvalue weighted by Crippen LogP contribution is -2.48. The topological polar surface area (TPSA) is 6.48 Å². The second-order valence-electron chi connectivity index (χ2n) is 5.07. The van der Waals surface area contributed by atoms with Gasteiger partial charge in [0, 0.05) is 19.6 Å². The van der Waals surface area contributed by atoms with E-state index >= 15 is 0 Å². The summed E-state index contributed by atoms with van der Waals surface area (Å²) >= 11 is 0. The standard InChI is InChI=1S/C11H24N2/c1-10(2)7-13-8-11(9-13)5-6-12(3)4/h10-11H,5-9H2,1-4H3. The maximum absolute atomic E-state index is 2.57. The first-order valence-electron chi connectivity index (χ1n) is 5.45. The van der Waals surface area contributed by atoms with Crippen molar-refractivity contribution in [1.82, 2.24) is 9.80 Å². The SMILES string of the molecule is CC(C)CN1CC(CCN(C)C)C1. The summed E-state index contributed by atoms with van der Waals surface area (Å²) in [6, 6.07) is 0. The molecule has 0 amide bonds. The maximum atomic E-state index is 2.57. The van der Waals surface area contributed by atoms with E-state index in [9.17, 15) is 0 Å². The van der Waals surface area contributed by atoms with Gasteiger partial charge in [0.25, 0.3) is 0 Å². The van der Waals surface area contributed by atoms with Gasteiger partial charge in [-0.2, -0.15) is 0 Å². The highest BCUT2D eigenvalue weighted by Gasteiger charge is 2.26. The van der Waals surface area contributed by atoms with Gasteiger partial charge < -0.3 is 9.80 Å². The minimum absolute atomic E-state index is 0.829. The van der Waals surface area contributed by atoms with Crippen LogP contribution in [0.15, 0.2) is 0 Å². The molecular formula is C11H24N2. The van der Waals surface area contributed by atoms with Crippen LogP contribution in [-0.4, -0.2) is 50.1 Å². The molecule has 1 rings (SSSR count). The quantitative estimate of drug-likeness (QED) is 0.639. The van der Waals surface area contributed by atoms with E-state index in [1.54, 1.807) is 0 Å². The molecule has 78 valence electrons. The first kappa shape index (κ1) is 11.0. The van der Waals surface area contributed by atoms with Gasteiger partial charge in [-0.05, 0) is 38.9 Å². The van der Waals surface area contributed by atoms with Gasteiger partial charge >= 0.3 is 0 Å². The Kier molecular flexibility index (Phi) is 4.20. The van der Waals surface area contributed by atoms with E-state index in [0.717, 1.165) is 11.8 Å². The fraction of sp³-hybridized carbons (Fsp3) is 1.00. The molecule has 0 saturated carbocycles. The van der Waals surface area contributed by atoms with Gasteiger partial charge in [0.15, 0.2) is 0 Å². The first-order chi connectivity index (χ1) is 6.08. The van der Waals surface area contributed by atoms with Crippen molar-refractivity contribution in [2.45, 2.75) is 20.3 Å². The number of hydrogen-bond acceptors (Lipinski definition) is 2. The summed E-state index contributed by atoms with van der Waals surface area (Å²) in [7, 11) is 4.31. The highest BCUT2D eigenvalue weighted by atomic mass is 15.2. The van der Waals surface area contributed by atoms with Crippen molar-refractivity contribution in [3.8, 4) is 0 Å². The lowest BCUT2D eigenvalue weighted by molar-refractivity contribution is 0.0766. The van der Waals surface area contributed by atoms with Crippen LogP contribution in [0.2, 0.25) is 0 Å². The fourth-order valence-corrected chi connectivity index (χ4v) is 1.97. The van der Waals surface area contributed by atoms with Crippen molar-refractivity contribution >= 4 is 0 Å². The zero-order chi connectivity index (χ0) is 9.84. The molecule has 2 nitrogen and oxygen atoms in total. The third-order valence-corrected chi connectivity index (χ3v) is 2.64. The second kappa shape index (κ2) is 4.97. The van der Waals surface area contributed by atoms with E-state index in [1.807, 2.05) is 0 Å². The third kappa shape index (κ3) is 4.10. The van der Waals surface area contributed by atoms with Gasteiger partial charge in [-0.3, -0.25) is 0 Å². The molecule has 1 aliphatic heterocycles. The van der Waals surface area contributed by atoms with Crippen molar-refractivity contribution in [2.75, 3.05) is 40.3 Å². The van der Waals surface area contributed by atoms with Gasteiger partial charge in [0.2, 0.25) is 0 Å². The molecule has 2 heteroatoms. The van der Waals surface area contributed by atoms with Crippen molar-refractivity contribution < 1.29 is 0 Å². The summed E-state index contributed by atoms with van der Waals surface area (Å²) < 4.78 is 0. The van der Waals surface area contributed by atoms with Gasteiger partial charge in [-0.25, -0.2) is 0 Å². The predicted molar refractivity (Wildman–Crippen MR) is 57.9 cm³/mol. The van der Waals surface area contributed by atoms with Crippen LogP contribution in [0.3, 0.4) is 0 Å². The Morgan fingerprint density at radius 2 is 1.92 bits per heavy atom. The van der Waals surface area contributed by atoms with Gasteiger partial charge in [0.05, 0.1) is 0 Å². The van der Waals surface area contributed by atoms with Crippen LogP contribution in [0.4, 0.5) is 0 Å². The van der Waals surface area contributed by atoms with Crippen molar-refractivity contribution in [2.24, 2.45) is 11.8 Å². The molecule has 0 spiro atoms. The predicted octanol–water partition coefficient (Wildman–Crippen LogP) is 1.53. The highest BCUT2D eigenvalue weighted by molar-refractivity contribution is 4.80. The molecule has 1 aliphatic rings. The summed E-state index contributed by atoms with van der Waals surface area (Å²) in [5, 5.41) is 0. The summed E-state index contributed by atoms with van der Waals surface area (Å²) in [5.41, 5.74) is 0. The number of nitrogens with zero attached hydrogens (tertiary/aromatic N) is 2. The van der Waals surface area contributed by atoms with E-state index in [2.05, 4.69) is 37.7 Å². The van der Waals surface area contributed by atoms with Crippen LogP contribution in [0, 0.1) is 11.8 Å². The molecule has 0 atom stereocenters. The minimum atomic E-state index is 0.829. The Labute approximate surface area is 82.9 Å². The Morgan fingerprint density at radius 1 is 1.31 bits per heavy atom. The largest absolute Gasteiger partial charge is 0.309 e. The maximum Gasteiger partial charge on any atom is 0.00226 e. The summed E-state index contributed by atoms with van der Waals surface area (Å²) in [5.74, 6) is 1.80. The number of likely N-dealkylation sites (tertiary alicyclic amines) is 1. The van der Waals surface area contributed by atoms with Gasteiger partial charge in [-0.15, -0.1) is 0 Å². The van der Waals surface area contributed by atoms with Crippen molar-refractivity contribution in [1.29, 1.82) is 0 Å². The molecule has 1 heterocycles. The molecule has 1 fully saturated rings. The lowest BCUT2D eigenvalue weighted by Gasteiger charge is -2.40. The minimum Gasteiger partial charge on any atom is -0.309 e. The van der Waals surface area contributed by atoms with Crippen LogP contribution < -0.4 is 0 Å². The average Bonchev–Trinajstić information content (AvgIpc) is 1.92. The smallest absolute Gasteiger partial charge is 0.00226 e. The highest BCUT2D eigenvalue weighted by Crippen LogP contribution is 2.19. The van der Waals surface area contributed by atoms with E-state index in [0.29, 0.717) is 0 Å². The molecule has 0 aromatic rings. The molecule has 13 heavy (non-hydrogen) atoms. The summed E-state index contributed by atoms with van der Waals surface area (Å²) in [4.78, 5) is 4.86. The molecule has 0 radical (unpaired) electrons. The zero-order valence-electron chi connectivity index (χ0n) is 9.58. The Hall–Kier alpha value is -0.0800. The molecule has 1 saturated heterocycles. The lowest BCUT2D eigenvalue weighted by atomic mass is 9.95. The van der Waals surface area contributed by atoms with E-state index in [1.165, 1.54) is 32.6 Å². The van der Waals surface area contributed by atoms with E-state index in [-0.39, 0.29) is 0 Å². The molecular weight excluding hydrogens is 160 g/mol. The van der Waals surface area contributed by atoms with Crippen LogP contribution in [0.25, 0.3) is 0 Å². The van der Waals surface area contributed by atoms with Crippen LogP contribution in [0.5, 0.6) is 0 Å². The Balaban J connectivity index is 1.98. The Bertz CT molecular complexity index is 137. The van der Waals surface area contributed by atoms with Crippen LogP contribution in [0.1, 0.15) is 20.3 Å². The number of hydrogen-bond donors (Lipinski definition) is 0. The normalized spacial score (nSPS) is 19.8. The molecule has 0 aromatic carbocycles. The molecule has 0 unspecified atom stereocenters. The van der Waals surface area contributed by atoms with Crippen molar-refractivity contribution in [3.63, 3.8) is 0 Å². The Morgan fingerprint density at radius 3 is 2.38 bits per heavy atom. The molecule has 0 aliphatic carbocycles. The first-order valence-corrected chi connectivity index (χ1v) is 5.45. The second-order valence-corrected chi connectivity index (χ2v) is 5.07. The summed E-state index contributed by atoms with van der Waals surface area (Å²) in [6.07, 6.45) is 1.38. The van der Waals surface area contributed by atoms with E-state index < -0.39 is 0 Å². The van der Waals surface area contributed by atoms with Crippen LogP contribution >= 0.6 is 0 Å². The monoisotopic (exact) mass is 184 g/mol. The average molecular weight is 184 g/mol. The van der Waals surface area contributed by atoms with Crippen LogP contribution in [-0.2, 0) is 0 Å². The van der Waals surface area contributed by atoms with Gasteiger partial charge in [-0.1, -0.05) is 13.8 Å². The molecule has 0 aromatic heterocycles. The third-order valence-electron chi connectivity index (χ3n) is 2.64. The van der Waals surface area contributed by atoms with Gasteiger partial charge in [0.1, 0.15) is 0 Å².